The van der Waals surface area contributed by atoms with Crippen LogP contribution < -0.4 is 0 Å². The number of alkyl halides is 3. The summed E-state index contributed by atoms with van der Waals surface area (Å²) >= 11 is 0. The number of carbonyl (C=O) groups is 2. The lowest BCUT2D eigenvalue weighted by molar-refractivity contribution is -0.181. The number of Topliss-reactive ketones (excluding diaryl/α,β-unsaturated/α-hetero) is 1. The summed E-state index contributed by atoms with van der Waals surface area (Å²) in [6, 6.07) is 0. The molecule has 0 aliphatic heterocycles. The monoisotopic (exact) mass is 212 g/mol. The summed E-state index contributed by atoms with van der Waals surface area (Å²) in [5.41, 5.74) is 0. The van der Waals surface area contributed by atoms with Gasteiger partial charge in [-0.15, -0.1) is 0 Å². The fourth-order valence-corrected chi connectivity index (χ4v) is 0.900. The highest BCUT2D eigenvalue weighted by Crippen LogP contribution is 2.23. The zero-order chi connectivity index (χ0) is 11.4. The molecule has 3 nitrogen and oxygen atoms in total. The molecular formula is C8H11F3O3. The number of hydrogen-bond donors (Lipinski definition) is 0. The Hall–Kier alpha value is -1.07. The molecule has 0 aromatic heterocycles. The number of hydrogen-bond acceptors (Lipinski definition) is 3. The van der Waals surface area contributed by atoms with Crippen molar-refractivity contribution in [3.05, 3.63) is 0 Å². The van der Waals surface area contributed by atoms with E-state index in [1.807, 2.05) is 0 Å². The minimum Gasteiger partial charge on any atom is -0.465 e. The zero-order valence-electron chi connectivity index (χ0n) is 7.85. The van der Waals surface area contributed by atoms with Crippen molar-refractivity contribution >= 4 is 11.8 Å². The zero-order valence-corrected chi connectivity index (χ0v) is 7.85. The fraction of sp³-hybridized carbons (Fsp3) is 0.750. The van der Waals surface area contributed by atoms with Gasteiger partial charge < -0.3 is 4.74 Å². The fourth-order valence-electron chi connectivity index (χ4n) is 0.900. The average molecular weight is 212 g/mol. The molecule has 0 saturated carbocycles. The lowest BCUT2D eigenvalue weighted by atomic mass is 10.0. The smallest absolute Gasteiger partial charge is 0.450 e. The van der Waals surface area contributed by atoms with E-state index in [1.54, 1.807) is 0 Å². The maximum Gasteiger partial charge on any atom is 0.450 e. The highest BCUT2D eigenvalue weighted by Gasteiger charge is 2.45. The second-order valence-corrected chi connectivity index (χ2v) is 2.57. The molecule has 0 aliphatic carbocycles. The first-order chi connectivity index (χ1) is 6.34. The van der Waals surface area contributed by atoms with Gasteiger partial charge >= 0.3 is 12.1 Å². The first-order valence-corrected chi connectivity index (χ1v) is 4.12. The number of carbonyl (C=O) groups excluding carboxylic acids is 2. The number of ketones is 1. The lowest BCUT2D eigenvalue weighted by Gasteiger charge is -2.13. The third-order valence-corrected chi connectivity index (χ3v) is 1.58. The highest BCUT2D eigenvalue weighted by atomic mass is 19.4. The second-order valence-electron chi connectivity index (χ2n) is 2.57. The van der Waals surface area contributed by atoms with E-state index in [4.69, 9.17) is 0 Å². The molecule has 0 fully saturated rings. The van der Waals surface area contributed by atoms with Crippen LogP contribution in [0, 0.1) is 5.92 Å². The largest absolute Gasteiger partial charge is 0.465 e. The van der Waals surface area contributed by atoms with Gasteiger partial charge in [-0.05, 0) is 13.3 Å². The van der Waals surface area contributed by atoms with E-state index >= 15 is 0 Å². The van der Waals surface area contributed by atoms with Gasteiger partial charge in [0, 0.05) is 0 Å². The van der Waals surface area contributed by atoms with Crippen molar-refractivity contribution in [2.24, 2.45) is 5.92 Å². The summed E-state index contributed by atoms with van der Waals surface area (Å²) < 4.78 is 40.1. The van der Waals surface area contributed by atoms with Crippen molar-refractivity contribution in [2.45, 2.75) is 26.4 Å². The molecule has 0 spiro atoms. The quantitative estimate of drug-likeness (QED) is 0.526. The van der Waals surface area contributed by atoms with Gasteiger partial charge in [-0.3, -0.25) is 9.59 Å². The van der Waals surface area contributed by atoms with Crippen LogP contribution >= 0.6 is 0 Å². The van der Waals surface area contributed by atoms with Crippen LogP contribution in [0.15, 0.2) is 0 Å². The molecule has 1 unspecified atom stereocenters. The summed E-state index contributed by atoms with van der Waals surface area (Å²) in [4.78, 5) is 21.6. The molecular weight excluding hydrogens is 201 g/mol. The van der Waals surface area contributed by atoms with Gasteiger partial charge in [0.15, 0.2) is 0 Å². The molecule has 0 rings (SSSR count). The van der Waals surface area contributed by atoms with Crippen LogP contribution in [0.2, 0.25) is 0 Å². The SMILES string of the molecule is CCOC(=O)C(CC)C(=O)C(F)(F)F. The summed E-state index contributed by atoms with van der Waals surface area (Å²) in [7, 11) is 0. The normalized spacial score (nSPS) is 13.5. The predicted octanol–water partition coefficient (Wildman–Crippen LogP) is 1.71. The predicted molar refractivity (Wildman–Crippen MR) is 41.5 cm³/mol. The second kappa shape index (κ2) is 4.97. The van der Waals surface area contributed by atoms with Crippen molar-refractivity contribution in [3.8, 4) is 0 Å². The topological polar surface area (TPSA) is 43.4 Å². The van der Waals surface area contributed by atoms with Crippen LogP contribution in [0.25, 0.3) is 0 Å². The third-order valence-electron chi connectivity index (χ3n) is 1.58. The number of halogens is 3. The van der Waals surface area contributed by atoms with E-state index in [0.717, 1.165) is 0 Å². The summed E-state index contributed by atoms with van der Waals surface area (Å²) in [6.45, 7) is 2.74. The Kier molecular flexibility index (Phi) is 4.59. The Labute approximate surface area is 79.2 Å². The molecule has 1 atom stereocenters. The van der Waals surface area contributed by atoms with Crippen LogP contribution in [0.1, 0.15) is 20.3 Å². The Morgan fingerprint density at radius 3 is 2.07 bits per heavy atom. The maximum absolute atomic E-state index is 11.9. The average Bonchev–Trinajstić information content (AvgIpc) is 2.04. The molecule has 0 aromatic rings. The van der Waals surface area contributed by atoms with Gasteiger partial charge in [-0.25, -0.2) is 0 Å². The molecule has 0 amide bonds. The minimum atomic E-state index is -4.98. The molecule has 0 aromatic carbocycles. The molecule has 6 heteroatoms. The molecule has 0 radical (unpaired) electrons. The molecule has 0 bridgehead atoms. The van der Waals surface area contributed by atoms with Crippen LogP contribution in [0.3, 0.4) is 0 Å². The van der Waals surface area contributed by atoms with Gasteiger partial charge in [0.2, 0.25) is 5.78 Å². The minimum absolute atomic E-state index is 0.0412. The van der Waals surface area contributed by atoms with E-state index in [1.165, 1.54) is 13.8 Å². The summed E-state index contributed by atoms with van der Waals surface area (Å²) in [5.74, 6) is -4.88. The Balaban J connectivity index is 4.57. The van der Waals surface area contributed by atoms with E-state index in [0.29, 0.717) is 0 Å². The summed E-state index contributed by atoms with van der Waals surface area (Å²) in [5, 5.41) is 0. The molecule has 14 heavy (non-hydrogen) atoms. The van der Waals surface area contributed by atoms with Crippen LogP contribution in [-0.4, -0.2) is 24.5 Å². The van der Waals surface area contributed by atoms with Crippen LogP contribution in [0.5, 0.6) is 0 Å². The van der Waals surface area contributed by atoms with Crippen molar-refractivity contribution in [2.75, 3.05) is 6.61 Å². The standard InChI is InChI=1S/C8H11F3O3/c1-3-5(7(13)14-4-2)6(12)8(9,10)11/h5H,3-4H2,1-2H3. The Bertz CT molecular complexity index is 222. The molecule has 0 heterocycles. The van der Waals surface area contributed by atoms with Gasteiger partial charge in [-0.2, -0.15) is 13.2 Å². The van der Waals surface area contributed by atoms with E-state index < -0.39 is 23.8 Å². The number of ether oxygens (including phenoxy) is 1. The molecule has 0 aliphatic rings. The van der Waals surface area contributed by atoms with Gasteiger partial charge in [0.05, 0.1) is 6.61 Å². The summed E-state index contributed by atoms with van der Waals surface area (Å²) in [6.07, 6.45) is -5.19. The van der Waals surface area contributed by atoms with Gasteiger partial charge in [0.25, 0.3) is 0 Å². The third kappa shape index (κ3) is 3.35. The maximum atomic E-state index is 11.9. The molecule has 0 saturated heterocycles. The molecule has 82 valence electrons. The van der Waals surface area contributed by atoms with Crippen molar-refractivity contribution < 1.29 is 27.5 Å². The number of esters is 1. The highest BCUT2D eigenvalue weighted by molar-refractivity contribution is 6.01. The van der Waals surface area contributed by atoms with Crippen molar-refractivity contribution in [1.82, 2.24) is 0 Å². The number of rotatable bonds is 4. The lowest BCUT2D eigenvalue weighted by Crippen LogP contribution is -2.35. The van der Waals surface area contributed by atoms with Gasteiger partial charge in [-0.1, -0.05) is 6.92 Å². The van der Waals surface area contributed by atoms with E-state index in [2.05, 4.69) is 4.74 Å². The van der Waals surface area contributed by atoms with Gasteiger partial charge in [0.1, 0.15) is 5.92 Å². The van der Waals surface area contributed by atoms with Crippen molar-refractivity contribution in [3.63, 3.8) is 0 Å². The van der Waals surface area contributed by atoms with E-state index in [-0.39, 0.29) is 13.0 Å². The molecule has 0 N–H and O–H groups in total. The van der Waals surface area contributed by atoms with E-state index in [9.17, 15) is 22.8 Å². The van der Waals surface area contributed by atoms with Crippen LogP contribution in [0.4, 0.5) is 13.2 Å². The Morgan fingerprint density at radius 2 is 1.79 bits per heavy atom. The first kappa shape index (κ1) is 12.9. The Morgan fingerprint density at radius 1 is 1.29 bits per heavy atom. The van der Waals surface area contributed by atoms with Crippen LogP contribution in [-0.2, 0) is 14.3 Å². The van der Waals surface area contributed by atoms with Crippen molar-refractivity contribution in [1.29, 1.82) is 0 Å². The first-order valence-electron chi connectivity index (χ1n) is 4.12.